The molecule has 0 radical (unpaired) electrons. The normalized spacial score (nSPS) is 14.5. The fourth-order valence-corrected chi connectivity index (χ4v) is 1.91. The molecule has 1 rings (SSSR count). The van der Waals surface area contributed by atoms with Crippen molar-refractivity contribution in [1.82, 2.24) is 10.3 Å². The van der Waals surface area contributed by atoms with Crippen molar-refractivity contribution < 1.29 is 4.79 Å². The van der Waals surface area contributed by atoms with Crippen LogP contribution in [0.1, 0.15) is 37.1 Å². The molecule has 0 aliphatic heterocycles. The molecule has 0 aromatic carbocycles. The highest BCUT2D eigenvalue weighted by Gasteiger charge is 2.25. The Morgan fingerprint density at radius 1 is 1.62 bits per heavy atom. The zero-order valence-electron chi connectivity index (χ0n) is 10.0. The largest absolute Gasteiger partial charge is 0.348 e. The molecule has 0 aliphatic rings. The highest BCUT2D eigenvalue weighted by atomic mass is 32.1. The molecule has 0 saturated heterocycles. The van der Waals surface area contributed by atoms with Crippen molar-refractivity contribution in [2.45, 2.75) is 45.7 Å². The maximum atomic E-state index is 11.7. The maximum Gasteiger partial charge on any atom is 0.240 e. The zero-order chi connectivity index (χ0) is 12.2. The summed E-state index contributed by atoms with van der Waals surface area (Å²) in [5, 5.41) is 3.74. The van der Waals surface area contributed by atoms with E-state index in [-0.39, 0.29) is 5.91 Å². The number of hydrogen-bond acceptors (Lipinski definition) is 4. The summed E-state index contributed by atoms with van der Waals surface area (Å²) in [6.45, 7) is 6.19. The van der Waals surface area contributed by atoms with E-state index in [0.29, 0.717) is 13.0 Å². The van der Waals surface area contributed by atoms with Gasteiger partial charge in [0.2, 0.25) is 5.91 Å². The minimum atomic E-state index is -0.787. The lowest BCUT2D eigenvalue weighted by molar-refractivity contribution is -0.126. The van der Waals surface area contributed by atoms with E-state index in [1.807, 2.05) is 13.1 Å². The number of nitrogens with one attached hydrogen (secondary N) is 1. The Bertz CT molecular complexity index is 360. The predicted molar refractivity (Wildman–Crippen MR) is 66.2 cm³/mol. The second-order valence-electron chi connectivity index (χ2n) is 4.03. The van der Waals surface area contributed by atoms with E-state index in [0.717, 1.165) is 11.4 Å². The molecule has 1 atom stereocenters. The van der Waals surface area contributed by atoms with E-state index in [9.17, 15) is 4.79 Å². The first-order valence-electron chi connectivity index (χ1n) is 5.50. The van der Waals surface area contributed by atoms with Gasteiger partial charge in [-0.2, -0.15) is 0 Å². The third kappa shape index (κ3) is 3.28. The van der Waals surface area contributed by atoms with Gasteiger partial charge in [-0.1, -0.05) is 13.8 Å². The summed E-state index contributed by atoms with van der Waals surface area (Å²) >= 11 is 1.63. The summed E-state index contributed by atoms with van der Waals surface area (Å²) in [6.07, 6.45) is 3.46. The Hall–Kier alpha value is -0.940. The van der Waals surface area contributed by atoms with Crippen LogP contribution in [0, 0.1) is 0 Å². The smallest absolute Gasteiger partial charge is 0.240 e. The number of aromatic nitrogens is 1. The fourth-order valence-electron chi connectivity index (χ4n) is 1.11. The van der Waals surface area contributed by atoms with Crippen LogP contribution in [-0.2, 0) is 17.8 Å². The van der Waals surface area contributed by atoms with Crippen LogP contribution in [-0.4, -0.2) is 16.4 Å². The number of amides is 1. The van der Waals surface area contributed by atoms with Gasteiger partial charge < -0.3 is 11.1 Å². The van der Waals surface area contributed by atoms with E-state index >= 15 is 0 Å². The van der Waals surface area contributed by atoms with E-state index < -0.39 is 5.54 Å². The molecule has 90 valence electrons. The van der Waals surface area contributed by atoms with Gasteiger partial charge in [-0.15, -0.1) is 11.3 Å². The summed E-state index contributed by atoms with van der Waals surface area (Å²) in [6, 6.07) is 0. The van der Waals surface area contributed by atoms with Gasteiger partial charge in [0.05, 0.1) is 12.1 Å². The number of rotatable bonds is 5. The van der Waals surface area contributed by atoms with E-state index in [4.69, 9.17) is 5.73 Å². The molecule has 1 heterocycles. The molecule has 3 N–H and O–H groups in total. The van der Waals surface area contributed by atoms with Crippen molar-refractivity contribution in [3.05, 3.63) is 16.1 Å². The van der Waals surface area contributed by atoms with Crippen LogP contribution < -0.4 is 11.1 Å². The highest BCUT2D eigenvalue weighted by Crippen LogP contribution is 2.13. The number of hydrogen-bond donors (Lipinski definition) is 2. The van der Waals surface area contributed by atoms with Crippen LogP contribution in [0.15, 0.2) is 6.20 Å². The SMILES string of the molecule is CCc1cnc(CNC(=O)C(C)(N)CC)s1. The van der Waals surface area contributed by atoms with Crippen LogP contribution in [0.25, 0.3) is 0 Å². The topological polar surface area (TPSA) is 68.0 Å². The Morgan fingerprint density at radius 3 is 2.81 bits per heavy atom. The Morgan fingerprint density at radius 2 is 2.31 bits per heavy atom. The average molecular weight is 241 g/mol. The number of thiazole rings is 1. The number of aryl methyl sites for hydroxylation is 1. The van der Waals surface area contributed by atoms with Gasteiger partial charge in [0.25, 0.3) is 0 Å². The highest BCUT2D eigenvalue weighted by molar-refractivity contribution is 7.11. The van der Waals surface area contributed by atoms with Gasteiger partial charge in [0.15, 0.2) is 0 Å². The Balaban J connectivity index is 2.49. The second-order valence-corrected chi connectivity index (χ2v) is 5.23. The van der Waals surface area contributed by atoms with Gasteiger partial charge in [0, 0.05) is 11.1 Å². The summed E-state index contributed by atoms with van der Waals surface area (Å²) in [7, 11) is 0. The molecule has 1 unspecified atom stereocenters. The standard InChI is InChI=1S/C11H19N3OS/c1-4-8-6-13-9(16-8)7-14-10(15)11(3,12)5-2/h6H,4-5,7,12H2,1-3H3,(H,14,15). The summed E-state index contributed by atoms with van der Waals surface area (Å²) in [5.74, 6) is -0.122. The third-order valence-corrected chi connectivity index (χ3v) is 3.74. The minimum absolute atomic E-state index is 0.122. The Labute approximate surface area is 100 Å². The van der Waals surface area contributed by atoms with Crippen LogP contribution in [0.5, 0.6) is 0 Å². The van der Waals surface area contributed by atoms with Crippen molar-refractivity contribution in [2.75, 3.05) is 0 Å². The summed E-state index contributed by atoms with van der Waals surface area (Å²) < 4.78 is 0. The van der Waals surface area contributed by atoms with Crippen molar-refractivity contribution in [3.8, 4) is 0 Å². The molecule has 1 aromatic rings. The van der Waals surface area contributed by atoms with Gasteiger partial charge in [-0.25, -0.2) is 4.98 Å². The molecular formula is C11H19N3OS. The van der Waals surface area contributed by atoms with Gasteiger partial charge in [-0.05, 0) is 19.8 Å². The monoisotopic (exact) mass is 241 g/mol. The van der Waals surface area contributed by atoms with Crippen LogP contribution in [0.4, 0.5) is 0 Å². The molecule has 0 spiro atoms. The lowest BCUT2D eigenvalue weighted by atomic mass is 10.00. The Kier molecular flexibility index (Phi) is 4.44. The molecule has 1 aromatic heterocycles. The number of carbonyl (C=O) groups excluding carboxylic acids is 1. The number of nitrogens with zero attached hydrogens (tertiary/aromatic N) is 1. The van der Waals surface area contributed by atoms with Crippen LogP contribution in [0.2, 0.25) is 0 Å². The second kappa shape index (κ2) is 5.41. The van der Waals surface area contributed by atoms with E-state index in [1.54, 1.807) is 18.3 Å². The predicted octanol–water partition coefficient (Wildman–Crippen LogP) is 1.45. The van der Waals surface area contributed by atoms with E-state index in [2.05, 4.69) is 17.2 Å². The van der Waals surface area contributed by atoms with Crippen molar-refractivity contribution in [3.63, 3.8) is 0 Å². The molecule has 0 saturated carbocycles. The molecule has 1 amide bonds. The van der Waals surface area contributed by atoms with Gasteiger partial charge >= 0.3 is 0 Å². The van der Waals surface area contributed by atoms with Crippen LogP contribution in [0.3, 0.4) is 0 Å². The van der Waals surface area contributed by atoms with Gasteiger partial charge in [0.1, 0.15) is 5.01 Å². The maximum absolute atomic E-state index is 11.7. The first-order valence-corrected chi connectivity index (χ1v) is 6.32. The average Bonchev–Trinajstić information content (AvgIpc) is 2.73. The minimum Gasteiger partial charge on any atom is -0.348 e. The summed E-state index contributed by atoms with van der Waals surface area (Å²) in [5.41, 5.74) is 5.04. The zero-order valence-corrected chi connectivity index (χ0v) is 10.9. The molecular weight excluding hydrogens is 222 g/mol. The molecule has 16 heavy (non-hydrogen) atoms. The lowest BCUT2D eigenvalue weighted by Gasteiger charge is -2.20. The van der Waals surface area contributed by atoms with E-state index in [1.165, 1.54) is 4.88 Å². The number of carbonyl (C=O) groups is 1. The van der Waals surface area contributed by atoms with Crippen LogP contribution >= 0.6 is 11.3 Å². The first kappa shape index (κ1) is 13.1. The lowest BCUT2D eigenvalue weighted by Crippen LogP contribution is -2.50. The van der Waals surface area contributed by atoms with Crippen molar-refractivity contribution in [2.24, 2.45) is 5.73 Å². The van der Waals surface area contributed by atoms with Crippen molar-refractivity contribution >= 4 is 17.2 Å². The molecule has 0 fully saturated rings. The molecule has 0 aliphatic carbocycles. The number of nitrogens with two attached hydrogens (primary N) is 1. The molecule has 0 bridgehead atoms. The van der Waals surface area contributed by atoms with Gasteiger partial charge in [-0.3, -0.25) is 4.79 Å². The molecule has 4 nitrogen and oxygen atoms in total. The summed E-state index contributed by atoms with van der Waals surface area (Å²) in [4.78, 5) is 17.1. The molecule has 5 heteroatoms. The fraction of sp³-hybridized carbons (Fsp3) is 0.636. The third-order valence-electron chi connectivity index (χ3n) is 2.60. The van der Waals surface area contributed by atoms with Crippen molar-refractivity contribution in [1.29, 1.82) is 0 Å². The first-order chi connectivity index (χ1) is 7.49. The quantitative estimate of drug-likeness (QED) is 0.820.